The molecule has 0 spiro atoms. The molecule has 0 bridgehead atoms. The molecule has 3 atom stereocenters. The number of nitrogens with zero attached hydrogens (tertiary/aromatic N) is 1. The van der Waals surface area contributed by atoms with Crippen LogP contribution in [0.3, 0.4) is 0 Å². The monoisotopic (exact) mass is 266 g/mol. The molecule has 1 rings (SSSR count). The Bertz CT molecular complexity index is 226. The Balaban J connectivity index is 0.00000225. The minimum absolute atomic E-state index is 0. The van der Waals surface area contributed by atoms with Gasteiger partial charge in [-0.2, -0.15) is 11.8 Å². The van der Waals surface area contributed by atoms with E-state index in [4.69, 9.17) is 5.73 Å². The summed E-state index contributed by atoms with van der Waals surface area (Å²) < 4.78 is 0. The topological polar surface area (TPSA) is 46.3 Å². The molecular weight excluding hydrogens is 244 g/mol. The number of carbonyl (C=O) groups is 1. The molecule has 1 heterocycles. The molecule has 1 aliphatic rings. The zero-order valence-corrected chi connectivity index (χ0v) is 11.9. The van der Waals surface area contributed by atoms with Gasteiger partial charge in [0, 0.05) is 36.1 Å². The first kappa shape index (κ1) is 16.1. The van der Waals surface area contributed by atoms with Crippen molar-refractivity contribution in [3.63, 3.8) is 0 Å². The van der Waals surface area contributed by atoms with Gasteiger partial charge in [0.1, 0.15) is 0 Å². The standard InChI is InChI=1S/C11H22N2OS.ClH/c1-8(12)4-5-11(14)13-6-7-15-10(3)9(13)2;/h8-10H,4-7,12H2,1-3H3;1H. The summed E-state index contributed by atoms with van der Waals surface area (Å²) in [7, 11) is 0. The van der Waals surface area contributed by atoms with Crippen molar-refractivity contribution in [1.29, 1.82) is 0 Å². The second kappa shape index (κ2) is 7.41. The third kappa shape index (κ3) is 4.52. The maximum atomic E-state index is 11.9. The van der Waals surface area contributed by atoms with Gasteiger partial charge < -0.3 is 10.6 Å². The Morgan fingerprint density at radius 3 is 2.75 bits per heavy atom. The number of hydrogen-bond donors (Lipinski definition) is 1. The molecule has 1 fully saturated rings. The highest BCUT2D eigenvalue weighted by molar-refractivity contribution is 8.00. The molecule has 96 valence electrons. The number of hydrogen-bond acceptors (Lipinski definition) is 3. The molecule has 1 saturated heterocycles. The van der Waals surface area contributed by atoms with Gasteiger partial charge >= 0.3 is 0 Å². The van der Waals surface area contributed by atoms with Gasteiger partial charge in [-0.25, -0.2) is 0 Å². The van der Waals surface area contributed by atoms with Gasteiger partial charge in [0.15, 0.2) is 0 Å². The van der Waals surface area contributed by atoms with Crippen molar-refractivity contribution < 1.29 is 4.79 Å². The first-order valence-electron chi connectivity index (χ1n) is 5.69. The largest absolute Gasteiger partial charge is 0.338 e. The lowest BCUT2D eigenvalue weighted by molar-refractivity contribution is -0.133. The normalized spacial score (nSPS) is 27.1. The zero-order valence-electron chi connectivity index (χ0n) is 10.3. The van der Waals surface area contributed by atoms with Crippen LogP contribution in [-0.4, -0.2) is 40.4 Å². The highest BCUT2D eigenvalue weighted by atomic mass is 35.5. The number of halogens is 1. The van der Waals surface area contributed by atoms with E-state index in [1.165, 1.54) is 0 Å². The lowest BCUT2D eigenvalue weighted by atomic mass is 10.1. The maximum absolute atomic E-state index is 11.9. The van der Waals surface area contributed by atoms with E-state index in [9.17, 15) is 4.79 Å². The summed E-state index contributed by atoms with van der Waals surface area (Å²) in [6.45, 7) is 7.18. The van der Waals surface area contributed by atoms with Crippen LogP contribution in [0.25, 0.3) is 0 Å². The van der Waals surface area contributed by atoms with Crippen LogP contribution in [-0.2, 0) is 4.79 Å². The lowest BCUT2D eigenvalue weighted by Crippen LogP contribution is -2.48. The van der Waals surface area contributed by atoms with E-state index in [2.05, 4.69) is 13.8 Å². The van der Waals surface area contributed by atoms with Crippen LogP contribution in [0, 0.1) is 0 Å². The van der Waals surface area contributed by atoms with Crippen molar-refractivity contribution in [2.24, 2.45) is 5.73 Å². The fourth-order valence-corrected chi connectivity index (χ4v) is 2.88. The van der Waals surface area contributed by atoms with Gasteiger partial charge in [0.05, 0.1) is 0 Å². The van der Waals surface area contributed by atoms with Crippen molar-refractivity contribution in [3.05, 3.63) is 0 Å². The Morgan fingerprint density at radius 2 is 2.19 bits per heavy atom. The minimum atomic E-state index is 0. The second-order valence-corrected chi connectivity index (χ2v) is 5.90. The van der Waals surface area contributed by atoms with E-state index < -0.39 is 0 Å². The third-order valence-electron chi connectivity index (χ3n) is 3.02. The Morgan fingerprint density at radius 1 is 1.56 bits per heavy atom. The van der Waals surface area contributed by atoms with Crippen molar-refractivity contribution in [2.75, 3.05) is 12.3 Å². The highest BCUT2D eigenvalue weighted by Gasteiger charge is 2.28. The fraction of sp³-hybridized carbons (Fsp3) is 0.909. The Kier molecular flexibility index (Phi) is 7.44. The van der Waals surface area contributed by atoms with E-state index in [0.29, 0.717) is 17.7 Å². The number of carbonyl (C=O) groups excluding carboxylic acids is 1. The van der Waals surface area contributed by atoms with Crippen LogP contribution in [0.2, 0.25) is 0 Å². The van der Waals surface area contributed by atoms with Crippen molar-refractivity contribution in [2.45, 2.75) is 50.9 Å². The maximum Gasteiger partial charge on any atom is 0.222 e. The number of amides is 1. The molecular formula is C11H23ClN2OS. The molecule has 1 amide bonds. The summed E-state index contributed by atoms with van der Waals surface area (Å²) in [4.78, 5) is 13.9. The molecule has 5 heteroatoms. The molecule has 0 aliphatic carbocycles. The third-order valence-corrected chi connectivity index (χ3v) is 4.36. The van der Waals surface area contributed by atoms with Crippen LogP contribution >= 0.6 is 24.2 Å². The van der Waals surface area contributed by atoms with Gasteiger partial charge in [0.25, 0.3) is 0 Å². The predicted octanol–water partition coefficient (Wildman–Crippen LogP) is 1.89. The van der Waals surface area contributed by atoms with Crippen molar-refractivity contribution >= 4 is 30.1 Å². The molecule has 0 aromatic heterocycles. The van der Waals surface area contributed by atoms with E-state index in [1.807, 2.05) is 23.6 Å². The number of thioether (sulfide) groups is 1. The average molecular weight is 267 g/mol. The fourth-order valence-electron chi connectivity index (χ4n) is 1.78. The first-order valence-corrected chi connectivity index (χ1v) is 6.74. The van der Waals surface area contributed by atoms with Crippen molar-refractivity contribution in [1.82, 2.24) is 4.90 Å². The van der Waals surface area contributed by atoms with E-state index in [0.717, 1.165) is 18.7 Å². The van der Waals surface area contributed by atoms with Crippen LogP contribution in [0.5, 0.6) is 0 Å². The summed E-state index contributed by atoms with van der Waals surface area (Å²) in [5.41, 5.74) is 5.66. The molecule has 3 unspecified atom stereocenters. The number of nitrogens with two attached hydrogens (primary N) is 1. The lowest BCUT2D eigenvalue weighted by Gasteiger charge is -2.37. The molecule has 2 N–H and O–H groups in total. The SMILES string of the molecule is CC(N)CCC(=O)N1CCSC(C)C1C.Cl. The van der Waals surface area contributed by atoms with E-state index in [-0.39, 0.29) is 24.4 Å². The van der Waals surface area contributed by atoms with Crippen LogP contribution in [0.1, 0.15) is 33.6 Å². The summed E-state index contributed by atoms with van der Waals surface area (Å²) in [6.07, 6.45) is 1.39. The molecule has 0 aromatic carbocycles. The molecule has 0 saturated carbocycles. The molecule has 0 aromatic rings. The smallest absolute Gasteiger partial charge is 0.222 e. The molecule has 16 heavy (non-hydrogen) atoms. The van der Waals surface area contributed by atoms with Crippen LogP contribution in [0.4, 0.5) is 0 Å². The van der Waals surface area contributed by atoms with Gasteiger partial charge in [-0.15, -0.1) is 12.4 Å². The predicted molar refractivity (Wildman–Crippen MR) is 73.2 cm³/mol. The van der Waals surface area contributed by atoms with Gasteiger partial charge in [-0.05, 0) is 20.3 Å². The summed E-state index contributed by atoms with van der Waals surface area (Å²) in [6, 6.07) is 0.491. The Hall–Kier alpha value is 0.0700. The molecule has 3 nitrogen and oxygen atoms in total. The molecule has 1 aliphatic heterocycles. The highest BCUT2D eigenvalue weighted by Crippen LogP contribution is 2.24. The van der Waals surface area contributed by atoms with Crippen LogP contribution < -0.4 is 5.73 Å². The Labute approximate surface area is 109 Å². The average Bonchev–Trinajstić information content (AvgIpc) is 2.18. The van der Waals surface area contributed by atoms with E-state index >= 15 is 0 Å². The van der Waals surface area contributed by atoms with Crippen molar-refractivity contribution in [3.8, 4) is 0 Å². The summed E-state index contributed by atoms with van der Waals surface area (Å²) in [5.74, 6) is 1.34. The van der Waals surface area contributed by atoms with Gasteiger partial charge in [0.2, 0.25) is 5.91 Å². The van der Waals surface area contributed by atoms with Gasteiger partial charge in [-0.3, -0.25) is 4.79 Å². The zero-order chi connectivity index (χ0) is 11.4. The summed E-state index contributed by atoms with van der Waals surface area (Å²) in [5, 5.41) is 0.554. The van der Waals surface area contributed by atoms with Gasteiger partial charge in [-0.1, -0.05) is 6.92 Å². The minimum Gasteiger partial charge on any atom is -0.338 e. The summed E-state index contributed by atoms with van der Waals surface area (Å²) >= 11 is 1.95. The first-order chi connectivity index (χ1) is 7.02. The molecule has 0 radical (unpaired) electrons. The van der Waals surface area contributed by atoms with Crippen LogP contribution in [0.15, 0.2) is 0 Å². The number of rotatable bonds is 3. The second-order valence-electron chi connectivity index (χ2n) is 4.42. The quantitative estimate of drug-likeness (QED) is 0.849. The van der Waals surface area contributed by atoms with E-state index in [1.54, 1.807) is 0 Å².